The average molecular weight is 302 g/mol. The van der Waals surface area contributed by atoms with Crippen LogP contribution in [-0.2, 0) is 11.0 Å². The maximum absolute atomic E-state index is 12.7. The molecule has 0 heterocycles. The highest BCUT2D eigenvalue weighted by molar-refractivity contribution is 5.84. The molecule has 0 fully saturated rings. The second-order valence-electron chi connectivity index (χ2n) is 5.21. The van der Waals surface area contributed by atoms with Gasteiger partial charge in [-0.2, -0.15) is 13.2 Å². The van der Waals surface area contributed by atoms with Crippen molar-refractivity contribution in [3.8, 4) is 0 Å². The van der Waals surface area contributed by atoms with Crippen LogP contribution in [0.1, 0.15) is 38.3 Å². The molecule has 0 saturated carbocycles. The Morgan fingerprint density at radius 3 is 2.43 bits per heavy atom. The molecule has 6 heteroatoms. The Morgan fingerprint density at radius 1 is 1.29 bits per heavy atom. The van der Waals surface area contributed by atoms with Gasteiger partial charge in [-0.25, -0.2) is 0 Å². The molecule has 0 aliphatic heterocycles. The summed E-state index contributed by atoms with van der Waals surface area (Å²) in [5.41, 5.74) is 0.243. The van der Waals surface area contributed by atoms with Gasteiger partial charge in [-0.1, -0.05) is 13.0 Å². The lowest BCUT2D eigenvalue weighted by Crippen LogP contribution is -2.42. The van der Waals surface area contributed by atoms with Crippen molar-refractivity contribution in [3.63, 3.8) is 0 Å². The molecule has 3 nitrogen and oxygen atoms in total. The van der Waals surface area contributed by atoms with E-state index in [2.05, 4.69) is 10.6 Å². The molecule has 1 amide bonds. The lowest BCUT2D eigenvalue weighted by molar-refractivity contribution is -0.137. The monoisotopic (exact) mass is 302 g/mol. The quantitative estimate of drug-likeness (QED) is 0.870. The third-order valence-electron chi connectivity index (χ3n) is 3.33. The number of alkyl halides is 3. The van der Waals surface area contributed by atoms with Crippen LogP contribution in [0.2, 0.25) is 0 Å². The van der Waals surface area contributed by atoms with Crippen molar-refractivity contribution in [3.05, 3.63) is 29.3 Å². The number of carbonyl (C=O) groups is 1. The van der Waals surface area contributed by atoms with Gasteiger partial charge in [0.05, 0.1) is 5.56 Å². The van der Waals surface area contributed by atoms with Crippen LogP contribution in [-0.4, -0.2) is 18.0 Å². The first kappa shape index (κ1) is 17.3. The fourth-order valence-electron chi connectivity index (χ4n) is 1.72. The maximum atomic E-state index is 12.7. The Hall–Kier alpha value is -1.72. The third-order valence-corrected chi connectivity index (χ3v) is 3.33. The van der Waals surface area contributed by atoms with Gasteiger partial charge in [0, 0.05) is 11.7 Å². The number of amides is 1. The first-order chi connectivity index (χ1) is 9.65. The minimum atomic E-state index is -4.40. The normalized spacial score (nSPS) is 14.4. The summed E-state index contributed by atoms with van der Waals surface area (Å²) >= 11 is 0. The van der Waals surface area contributed by atoms with Gasteiger partial charge in [0.2, 0.25) is 5.91 Å². The van der Waals surface area contributed by atoms with E-state index in [0.29, 0.717) is 11.3 Å². The number of anilines is 1. The molecule has 21 heavy (non-hydrogen) atoms. The first-order valence-corrected chi connectivity index (χ1v) is 6.90. The fraction of sp³-hybridized carbons (Fsp3) is 0.533. The molecule has 0 bridgehead atoms. The van der Waals surface area contributed by atoms with E-state index < -0.39 is 17.8 Å². The molecule has 0 aromatic heterocycles. The van der Waals surface area contributed by atoms with Crippen molar-refractivity contribution in [2.24, 2.45) is 0 Å². The summed E-state index contributed by atoms with van der Waals surface area (Å²) in [6.45, 7) is 7.14. The number of hydrogen-bond donors (Lipinski definition) is 2. The predicted octanol–water partition coefficient (Wildman–Crippen LogP) is 3.73. The smallest absolute Gasteiger partial charge is 0.374 e. The van der Waals surface area contributed by atoms with Gasteiger partial charge >= 0.3 is 6.18 Å². The zero-order valence-electron chi connectivity index (χ0n) is 12.6. The summed E-state index contributed by atoms with van der Waals surface area (Å²) in [6.07, 6.45) is -3.60. The number of hydrogen-bond acceptors (Lipinski definition) is 2. The molecule has 1 aromatic carbocycles. The molecule has 2 unspecified atom stereocenters. The Labute approximate surface area is 122 Å². The zero-order chi connectivity index (χ0) is 16.2. The van der Waals surface area contributed by atoms with Gasteiger partial charge in [0.1, 0.15) is 6.04 Å². The second-order valence-corrected chi connectivity index (χ2v) is 5.21. The summed E-state index contributed by atoms with van der Waals surface area (Å²) < 4.78 is 38.1. The molecule has 0 radical (unpaired) electrons. The van der Waals surface area contributed by atoms with E-state index in [1.54, 1.807) is 13.8 Å². The number of rotatable bonds is 5. The molecule has 0 spiro atoms. The summed E-state index contributed by atoms with van der Waals surface area (Å²) in [4.78, 5) is 11.9. The van der Waals surface area contributed by atoms with E-state index >= 15 is 0 Å². The van der Waals surface area contributed by atoms with E-state index in [4.69, 9.17) is 0 Å². The van der Waals surface area contributed by atoms with Crippen LogP contribution in [0.4, 0.5) is 18.9 Å². The Kier molecular flexibility index (Phi) is 5.63. The SMILES string of the molecule is CCC(C)NC(=O)C(C)Nc1cc(C(F)(F)F)ccc1C. The molecule has 1 rings (SSSR count). The van der Waals surface area contributed by atoms with Crippen molar-refractivity contribution < 1.29 is 18.0 Å². The molecular formula is C15H21F3N2O. The van der Waals surface area contributed by atoms with E-state index in [1.807, 2.05) is 13.8 Å². The number of carbonyl (C=O) groups excluding carboxylic acids is 1. The standard InChI is InChI=1S/C15H21F3N2O/c1-5-10(3)19-14(21)11(4)20-13-8-12(15(16,17)18)7-6-9(13)2/h6-8,10-11,20H,5H2,1-4H3,(H,19,21). The average Bonchev–Trinajstić information content (AvgIpc) is 2.39. The van der Waals surface area contributed by atoms with Gasteiger partial charge in [0.15, 0.2) is 0 Å². The van der Waals surface area contributed by atoms with E-state index in [1.165, 1.54) is 6.07 Å². The van der Waals surface area contributed by atoms with Crippen molar-refractivity contribution >= 4 is 11.6 Å². The minimum Gasteiger partial charge on any atom is -0.374 e. The number of aryl methyl sites for hydroxylation is 1. The third kappa shape index (κ3) is 4.95. The largest absolute Gasteiger partial charge is 0.416 e. The highest BCUT2D eigenvalue weighted by Gasteiger charge is 2.31. The lowest BCUT2D eigenvalue weighted by atomic mass is 10.1. The van der Waals surface area contributed by atoms with Crippen LogP contribution >= 0.6 is 0 Å². The van der Waals surface area contributed by atoms with Crippen molar-refractivity contribution in [2.45, 2.75) is 52.4 Å². The zero-order valence-corrected chi connectivity index (χ0v) is 12.6. The maximum Gasteiger partial charge on any atom is 0.416 e. The molecule has 1 aromatic rings. The van der Waals surface area contributed by atoms with Gasteiger partial charge in [-0.15, -0.1) is 0 Å². The number of halogens is 3. The van der Waals surface area contributed by atoms with Gasteiger partial charge in [-0.3, -0.25) is 4.79 Å². The first-order valence-electron chi connectivity index (χ1n) is 6.90. The topological polar surface area (TPSA) is 41.1 Å². The van der Waals surface area contributed by atoms with Gasteiger partial charge in [0.25, 0.3) is 0 Å². The summed E-state index contributed by atoms with van der Waals surface area (Å²) in [7, 11) is 0. The Bertz CT molecular complexity index is 500. The summed E-state index contributed by atoms with van der Waals surface area (Å²) in [5, 5.41) is 5.63. The summed E-state index contributed by atoms with van der Waals surface area (Å²) in [5.74, 6) is -0.235. The molecule has 0 aliphatic carbocycles. The number of nitrogens with one attached hydrogen (secondary N) is 2. The fourth-order valence-corrected chi connectivity index (χ4v) is 1.72. The second kappa shape index (κ2) is 6.83. The van der Waals surface area contributed by atoms with Crippen LogP contribution in [0.15, 0.2) is 18.2 Å². The van der Waals surface area contributed by atoms with Crippen LogP contribution in [0.3, 0.4) is 0 Å². The Balaban J connectivity index is 2.84. The molecule has 118 valence electrons. The van der Waals surface area contributed by atoms with Crippen molar-refractivity contribution in [1.82, 2.24) is 5.32 Å². The molecule has 0 saturated heterocycles. The van der Waals surface area contributed by atoms with E-state index in [9.17, 15) is 18.0 Å². The minimum absolute atomic E-state index is 0.0318. The van der Waals surface area contributed by atoms with E-state index in [0.717, 1.165) is 18.6 Å². The molecule has 0 aliphatic rings. The van der Waals surface area contributed by atoms with E-state index in [-0.39, 0.29) is 11.9 Å². The van der Waals surface area contributed by atoms with Crippen LogP contribution in [0, 0.1) is 6.92 Å². The van der Waals surface area contributed by atoms with Crippen LogP contribution in [0.5, 0.6) is 0 Å². The number of benzene rings is 1. The molecular weight excluding hydrogens is 281 g/mol. The van der Waals surface area contributed by atoms with Gasteiger partial charge < -0.3 is 10.6 Å². The van der Waals surface area contributed by atoms with Gasteiger partial charge in [-0.05, 0) is 44.9 Å². The van der Waals surface area contributed by atoms with Crippen molar-refractivity contribution in [1.29, 1.82) is 0 Å². The molecule has 2 N–H and O–H groups in total. The molecule has 2 atom stereocenters. The summed E-state index contributed by atoms with van der Waals surface area (Å²) in [6, 6.07) is 2.88. The predicted molar refractivity (Wildman–Crippen MR) is 77.2 cm³/mol. The van der Waals surface area contributed by atoms with Crippen LogP contribution < -0.4 is 10.6 Å². The highest BCUT2D eigenvalue weighted by atomic mass is 19.4. The lowest BCUT2D eigenvalue weighted by Gasteiger charge is -2.20. The Morgan fingerprint density at radius 2 is 1.90 bits per heavy atom. The van der Waals surface area contributed by atoms with Crippen LogP contribution in [0.25, 0.3) is 0 Å². The highest BCUT2D eigenvalue weighted by Crippen LogP contribution is 2.32. The van der Waals surface area contributed by atoms with Crippen molar-refractivity contribution in [2.75, 3.05) is 5.32 Å².